The van der Waals surface area contributed by atoms with Crippen LogP contribution in [-0.2, 0) is 4.79 Å². The number of nitrogens with one attached hydrogen (secondary N) is 2. The van der Waals surface area contributed by atoms with Crippen LogP contribution >= 0.6 is 11.3 Å². The van der Waals surface area contributed by atoms with Gasteiger partial charge in [0.05, 0.1) is 17.2 Å². The second-order valence-electron chi connectivity index (χ2n) is 4.43. The van der Waals surface area contributed by atoms with Crippen LogP contribution in [0.25, 0.3) is 0 Å². The highest BCUT2D eigenvalue weighted by Crippen LogP contribution is 2.26. The van der Waals surface area contributed by atoms with Crippen LogP contribution in [0.15, 0.2) is 29.8 Å². The van der Waals surface area contributed by atoms with E-state index in [1.807, 2.05) is 36.7 Å². The number of nitrogens with zero attached hydrogens (tertiary/aromatic N) is 1. The van der Waals surface area contributed by atoms with Crippen LogP contribution < -0.4 is 10.6 Å². The van der Waals surface area contributed by atoms with E-state index < -0.39 is 0 Å². The molecule has 0 aliphatic carbocycles. The monoisotopic (exact) mass is 275 g/mol. The van der Waals surface area contributed by atoms with Gasteiger partial charge in [-0.15, -0.1) is 11.3 Å². The molecule has 2 N–H and O–H groups in total. The molecule has 1 atom stereocenters. The van der Waals surface area contributed by atoms with Gasteiger partial charge < -0.3 is 10.6 Å². The van der Waals surface area contributed by atoms with E-state index in [2.05, 4.69) is 22.5 Å². The Morgan fingerprint density at radius 3 is 2.74 bits per heavy atom. The first-order valence-electron chi connectivity index (χ1n) is 6.10. The number of thiazole rings is 1. The average Bonchev–Trinajstić information content (AvgIpc) is 2.75. The van der Waals surface area contributed by atoms with Crippen LogP contribution in [0.3, 0.4) is 0 Å². The normalized spacial score (nSPS) is 11.9. The molecule has 1 heterocycles. The van der Waals surface area contributed by atoms with Crippen LogP contribution in [0.4, 0.5) is 11.4 Å². The Balaban J connectivity index is 2.11. The van der Waals surface area contributed by atoms with Crippen LogP contribution in [0.5, 0.6) is 0 Å². The summed E-state index contributed by atoms with van der Waals surface area (Å²) in [5.74, 6) is -0.0662. The van der Waals surface area contributed by atoms with Crippen molar-refractivity contribution in [1.82, 2.24) is 4.98 Å². The van der Waals surface area contributed by atoms with Gasteiger partial charge in [-0.3, -0.25) is 4.79 Å². The van der Waals surface area contributed by atoms with Gasteiger partial charge in [0.1, 0.15) is 0 Å². The van der Waals surface area contributed by atoms with Crippen molar-refractivity contribution >= 4 is 28.6 Å². The van der Waals surface area contributed by atoms with Crippen LogP contribution in [0.1, 0.15) is 30.5 Å². The first-order chi connectivity index (χ1) is 9.06. The minimum atomic E-state index is -0.0662. The standard InChI is InChI=1S/C14H17N3OS/c1-9-14(19-8-15-9)10(2)16-12-5-4-6-13(7-12)17-11(3)18/h4-8,10,16H,1-3H3,(H,17,18). The molecule has 1 aromatic carbocycles. The fourth-order valence-corrected chi connectivity index (χ4v) is 2.74. The van der Waals surface area contributed by atoms with Crippen molar-refractivity contribution < 1.29 is 4.79 Å². The Hall–Kier alpha value is -1.88. The summed E-state index contributed by atoms with van der Waals surface area (Å²) < 4.78 is 0. The second-order valence-corrected chi connectivity index (χ2v) is 5.32. The number of rotatable bonds is 4. The molecule has 100 valence electrons. The molecule has 0 bridgehead atoms. The predicted molar refractivity (Wildman–Crippen MR) is 79.6 cm³/mol. The van der Waals surface area contributed by atoms with Gasteiger partial charge >= 0.3 is 0 Å². The third-order valence-electron chi connectivity index (χ3n) is 2.74. The Morgan fingerprint density at radius 2 is 2.11 bits per heavy atom. The van der Waals surface area contributed by atoms with Gasteiger partial charge in [0.2, 0.25) is 5.91 Å². The van der Waals surface area contributed by atoms with E-state index in [1.165, 1.54) is 11.8 Å². The third kappa shape index (κ3) is 3.54. The van der Waals surface area contributed by atoms with E-state index in [4.69, 9.17) is 0 Å². The molecule has 1 amide bonds. The average molecular weight is 275 g/mol. The number of carbonyl (C=O) groups is 1. The summed E-state index contributed by atoms with van der Waals surface area (Å²) in [6.07, 6.45) is 0. The zero-order valence-electron chi connectivity index (χ0n) is 11.2. The lowest BCUT2D eigenvalue weighted by atomic mass is 10.2. The quantitative estimate of drug-likeness (QED) is 0.896. The van der Waals surface area contributed by atoms with Crippen molar-refractivity contribution in [1.29, 1.82) is 0 Å². The number of anilines is 2. The van der Waals surface area contributed by atoms with Crippen molar-refractivity contribution in [3.8, 4) is 0 Å². The van der Waals surface area contributed by atoms with Gasteiger partial charge in [0.25, 0.3) is 0 Å². The maximum atomic E-state index is 11.0. The van der Waals surface area contributed by atoms with Crippen molar-refractivity contribution in [3.63, 3.8) is 0 Å². The largest absolute Gasteiger partial charge is 0.378 e. The number of hydrogen-bond acceptors (Lipinski definition) is 4. The molecule has 0 radical (unpaired) electrons. The molecule has 1 aromatic heterocycles. The Morgan fingerprint density at radius 1 is 1.37 bits per heavy atom. The highest BCUT2D eigenvalue weighted by Gasteiger charge is 2.10. The number of carbonyl (C=O) groups excluding carboxylic acids is 1. The lowest BCUT2D eigenvalue weighted by Gasteiger charge is -2.15. The zero-order chi connectivity index (χ0) is 13.8. The Bertz CT molecular complexity index is 580. The molecule has 5 heteroatoms. The van der Waals surface area contributed by atoms with E-state index >= 15 is 0 Å². The molecule has 4 nitrogen and oxygen atoms in total. The van der Waals surface area contributed by atoms with Gasteiger partial charge in [-0.05, 0) is 32.0 Å². The molecular formula is C14H17N3OS. The van der Waals surface area contributed by atoms with Crippen molar-refractivity contribution in [2.24, 2.45) is 0 Å². The van der Waals surface area contributed by atoms with Crippen molar-refractivity contribution in [2.75, 3.05) is 10.6 Å². The minimum Gasteiger partial charge on any atom is -0.378 e. The first-order valence-corrected chi connectivity index (χ1v) is 6.98. The molecule has 1 unspecified atom stereocenters. The molecule has 0 aliphatic rings. The van der Waals surface area contributed by atoms with E-state index in [-0.39, 0.29) is 11.9 Å². The van der Waals surface area contributed by atoms with Gasteiger partial charge in [-0.25, -0.2) is 4.98 Å². The SMILES string of the molecule is CC(=O)Nc1cccc(NC(C)c2scnc2C)c1. The highest BCUT2D eigenvalue weighted by molar-refractivity contribution is 7.09. The van der Waals surface area contributed by atoms with E-state index in [1.54, 1.807) is 11.3 Å². The number of hydrogen-bond donors (Lipinski definition) is 2. The fraction of sp³-hybridized carbons (Fsp3) is 0.286. The third-order valence-corrected chi connectivity index (χ3v) is 3.86. The predicted octanol–water partition coefficient (Wildman–Crippen LogP) is 3.58. The zero-order valence-corrected chi connectivity index (χ0v) is 12.0. The summed E-state index contributed by atoms with van der Waals surface area (Å²) in [5.41, 5.74) is 4.69. The molecule has 0 spiro atoms. The Labute approximate surface area is 116 Å². The van der Waals surface area contributed by atoms with Crippen molar-refractivity contribution in [2.45, 2.75) is 26.8 Å². The van der Waals surface area contributed by atoms with Crippen LogP contribution in [0.2, 0.25) is 0 Å². The topological polar surface area (TPSA) is 54.0 Å². The van der Waals surface area contributed by atoms with Crippen LogP contribution in [-0.4, -0.2) is 10.9 Å². The molecule has 19 heavy (non-hydrogen) atoms. The lowest BCUT2D eigenvalue weighted by molar-refractivity contribution is -0.114. The number of amides is 1. The molecule has 2 rings (SSSR count). The Kier molecular flexibility index (Phi) is 4.16. The summed E-state index contributed by atoms with van der Waals surface area (Å²) in [7, 11) is 0. The van der Waals surface area contributed by atoms with Gasteiger partial charge in [0.15, 0.2) is 0 Å². The summed E-state index contributed by atoms with van der Waals surface area (Å²) in [6, 6.07) is 7.89. The molecule has 0 saturated heterocycles. The summed E-state index contributed by atoms with van der Waals surface area (Å²) >= 11 is 1.65. The number of benzene rings is 1. The highest BCUT2D eigenvalue weighted by atomic mass is 32.1. The summed E-state index contributed by atoms with van der Waals surface area (Å²) in [6.45, 7) is 5.62. The maximum Gasteiger partial charge on any atom is 0.221 e. The van der Waals surface area contributed by atoms with E-state index in [9.17, 15) is 4.79 Å². The van der Waals surface area contributed by atoms with Gasteiger partial charge in [-0.1, -0.05) is 6.07 Å². The first kappa shape index (κ1) is 13.5. The van der Waals surface area contributed by atoms with Gasteiger partial charge in [-0.2, -0.15) is 0 Å². The number of aromatic nitrogens is 1. The smallest absolute Gasteiger partial charge is 0.221 e. The van der Waals surface area contributed by atoms with Gasteiger partial charge in [0, 0.05) is 23.2 Å². The molecule has 0 fully saturated rings. The minimum absolute atomic E-state index is 0.0662. The molecular weight excluding hydrogens is 258 g/mol. The molecule has 0 saturated carbocycles. The summed E-state index contributed by atoms with van der Waals surface area (Å²) in [4.78, 5) is 16.5. The summed E-state index contributed by atoms with van der Waals surface area (Å²) in [5, 5.41) is 6.19. The molecule has 0 aliphatic heterocycles. The van der Waals surface area contributed by atoms with Crippen LogP contribution in [0, 0.1) is 6.92 Å². The van der Waals surface area contributed by atoms with E-state index in [0.29, 0.717) is 0 Å². The lowest BCUT2D eigenvalue weighted by Crippen LogP contribution is -2.08. The molecule has 2 aromatic rings. The number of aryl methyl sites for hydroxylation is 1. The van der Waals surface area contributed by atoms with Crippen molar-refractivity contribution in [3.05, 3.63) is 40.3 Å². The van der Waals surface area contributed by atoms with E-state index in [0.717, 1.165) is 17.1 Å². The second kappa shape index (κ2) is 5.84. The maximum absolute atomic E-state index is 11.0. The fourth-order valence-electron chi connectivity index (χ4n) is 1.93.